The van der Waals surface area contributed by atoms with Crippen LogP contribution in [-0.4, -0.2) is 47.3 Å². The minimum atomic E-state index is -0.115. The number of hydrogen-bond acceptors (Lipinski definition) is 3. The lowest BCUT2D eigenvalue weighted by Crippen LogP contribution is -2.54. The average molecular weight is 484 g/mol. The van der Waals surface area contributed by atoms with Gasteiger partial charge in [0, 0.05) is 20.0 Å². The lowest BCUT2D eigenvalue weighted by molar-refractivity contribution is -0.140. The quantitative estimate of drug-likeness (QED) is 0.549. The van der Waals surface area contributed by atoms with E-state index in [1.807, 2.05) is 0 Å². The summed E-state index contributed by atoms with van der Waals surface area (Å²) in [6.45, 7) is 10.9. The first-order valence-electron chi connectivity index (χ1n) is 15.2. The van der Waals surface area contributed by atoms with Crippen LogP contribution in [0.2, 0.25) is 0 Å². The Kier molecular flexibility index (Phi) is 5.03. The highest BCUT2D eigenvalue weighted by molar-refractivity contribution is 5.73. The molecule has 1 saturated heterocycles. The molecule has 0 aromatic carbocycles. The predicted molar refractivity (Wildman–Crippen MR) is 137 cm³/mol. The zero-order valence-electron chi connectivity index (χ0n) is 22.7. The highest BCUT2D eigenvalue weighted by Crippen LogP contribution is 2.87. The standard InChI is InChI=1S/C31H49NO3/c1-19(33)32(16-20-5-6-20)17-21-7-8-23-25(35-21)15-24-22-9-10-26-28(2,3)27(34)11-12-31(26)18-30(22,31)14-13-29(23,24)4/h20-27,34H,5-18H2,1-4H3/t21?,22?,23?,24?,25?,26?,27-,29+,30-,31?/m0/s1. The Morgan fingerprint density at radius 3 is 2.40 bits per heavy atom. The first kappa shape index (κ1) is 23.5. The third-order valence-electron chi connectivity index (χ3n) is 13.7. The van der Waals surface area contributed by atoms with Gasteiger partial charge in [0.25, 0.3) is 0 Å². The van der Waals surface area contributed by atoms with Crippen molar-refractivity contribution in [2.45, 2.75) is 123 Å². The number of ether oxygens (including phenoxy) is 1. The third kappa shape index (κ3) is 3.14. The lowest BCUT2D eigenvalue weighted by atomic mass is 9.46. The highest BCUT2D eigenvalue weighted by atomic mass is 16.5. The molecule has 196 valence electrons. The van der Waals surface area contributed by atoms with E-state index in [1.165, 1.54) is 64.2 Å². The highest BCUT2D eigenvalue weighted by Gasteiger charge is 2.80. The van der Waals surface area contributed by atoms with Crippen LogP contribution >= 0.6 is 0 Å². The van der Waals surface area contributed by atoms with E-state index in [2.05, 4.69) is 25.7 Å². The summed E-state index contributed by atoms with van der Waals surface area (Å²) in [5.74, 6) is 4.09. The summed E-state index contributed by atoms with van der Waals surface area (Å²) in [5, 5.41) is 10.9. The van der Waals surface area contributed by atoms with Gasteiger partial charge in [-0.25, -0.2) is 0 Å². The van der Waals surface area contributed by atoms with Crippen molar-refractivity contribution >= 4 is 5.91 Å². The van der Waals surface area contributed by atoms with Gasteiger partial charge in [-0.2, -0.15) is 0 Å². The molecule has 1 heterocycles. The molecular weight excluding hydrogens is 434 g/mol. The minimum Gasteiger partial charge on any atom is -0.393 e. The summed E-state index contributed by atoms with van der Waals surface area (Å²) in [6.07, 6.45) is 16.1. The maximum Gasteiger partial charge on any atom is 0.219 e. The van der Waals surface area contributed by atoms with Crippen molar-refractivity contribution in [2.75, 3.05) is 13.1 Å². The molecule has 0 bridgehead atoms. The van der Waals surface area contributed by atoms with Gasteiger partial charge < -0.3 is 14.7 Å². The van der Waals surface area contributed by atoms with Gasteiger partial charge in [0.05, 0.1) is 18.3 Å². The van der Waals surface area contributed by atoms with E-state index in [0.29, 0.717) is 34.2 Å². The molecule has 1 aliphatic heterocycles. The van der Waals surface area contributed by atoms with E-state index in [9.17, 15) is 9.90 Å². The number of carbonyl (C=O) groups excluding carboxylic acids is 1. The van der Waals surface area contributed by atoms with Crippen LogP contribution < -0.4 is 0 Å². The number of amides is 1. The van der Waals surface area contributed by atoms with Crippen LogP contribution in [0.25, 0.3) is 0 Å². The van der Waals surface area contributed by atoms with Crippen molar-refractivity contribution in [3.05, 3.63) is 0 Å². The average Bonchev–Trinajstić information content (AvgIpc) is 3.71. The minimum absolute atomic E-state index is 0.0799. The van der Waals surface area contributed by atoms with Gasteiger partial charge >= 0.3 is 0 Å². The maximum atomic E-state index is 12.3. The molecule has 2 spiro atoms. The molecule has 35 heavy (non-hydrogen) atoms. The number of nitrogens with zero attached hydrogens (tertiary/aromatic N) is 1. The van der Waals surface area contributed by atoms with E-state index in [1.54, 1.807) is 6.92 Å². The van der Waals surface area contributed by atoms with Crippen molar-refractivity contribution in [1.29, 1.82) is 0 Å². The molecular formula is C31H49NO3. The molecule has 10 atom stereocenters. The number of fused-ring (bicyclic) bond motifs is 4. The Hall–Kier alpha value is -0.610. The van der Waals surface area contributed by atoms with Gasteiger partial charge in [-0.15, -0.1) is 0 Å². The number of aliphatic hydroxyl groups excluding tert-OH is 1. The number of hydrogen-bond donors (Lipinski definition) is 1. The molecule has 1 amide bonds. The van der Waals surface area contributed by atoms with E-state index in [0.717, 1.165) is 43.7 Å². The first-order valence-corrected chi connectivity index (χ1v) is 15.2. The SMILES string of the molecule is CC(=O)N(CC1CC1)CC1CCC2C(CC3C4CCC5C(C)(C)[C@@H](O)CCC56C[C@@]46CC[C@]23C)O1. The molecule has 6 saturated carbocycles. The van der Waals surface area contributed by atoms with Crippen LogP contribution in [-0.2, 0) is 9.53 Å². The maximum absolute atomic E-state index is 12.3. The molecule has 7 rings (SSSR count). The van der Waals surface area contributed by atoms with E-state index >= 15 is 0 Å². The van der Waals surface area contributed by atoms with Crippen molar-refractivity contribution < 1.29 is 14.6 Å². The summed E-state index contributed by atoms with van der Waals surface area (Å²) < 4.78 is 6.90. The van der Waals surface area contributed by atoms with E-state index < -0.39 is 0 Å². The molecule has 1 N–H and O–H groups in total. The topological polar surface area (TPSA) is 49.8 Å². The predicted octanol–water partition coefficient (Wildman–Crippen LogP) is 5.81. The second-order valence-electron chi connectivity index (χ2n) is 15.3. The van der Waals surface area contributed by atoms with Crippen LogP contribution in [0.5, 0.6) is 0 Å². The van der Waals surface area contributed by atoms with Crippen molar-refractivity contribution in [1.82, 2.24) is 4.90 Å². The monoisotopic (exact) mass is 483 g/mol. The van der Waals surface area contributed by atoms with Gasteiger partial charge in [-0.1, -0.05) is 20.8 Å². The zero-order chi connectivity index (χ0) is 24.4. The summed E-state index contributed by atoms with van der Waals surface area (Å²) in [6, 6.07) is 0. The lowest BCUT2D eigenvalue weighted by Gasteiger charge is -2.59. The van der Waals surface area contributed by atoms with Gasteiger partial charge in [-0.05, 0) is 128 Å². The summed E-state index contributed by atoms with van der Waals surface area (Å²) in [5.41, 5.74) is 1.62. The fourth-order valence-corrected chi connectivity index (χ4v) is 11.6. The molecule has 0 radical (unpaired) electrons. The molecule has 0 aromatic rings. The van der Waals surface area contributed by atoms with Crippen LogP contribution in [0.4, 0.5) is 0 Å². The molecule has 6 aliphatic carbocycles. The zero-order valence-corrected chi connectivity index (χ0v) is 22.7. The first-order chi connectivity index (χ1) is 16.6. The molecule has 7 unspecified atom stereocenters. The van der Waals surface area contributed by atoms with Gasteiger partial charge in [-0.3, -0.25) is 4.79 Å². The van der Waals surface area contributed by atoms with E-state index in [-0.39, 0.29) is 23.5 Å². The van der Waals surface area contributed by atoms with Crippen molar-refractivity contribution in [3.63, 3.8) is 0 Å². The van der Waals surface area contributed by atoms with Crippen molar-refractivity contribution in [2.24, 2.45) is 51.2 Å². The van der Waals surface area contributed by atoms with Gasteiger partial charge in [0.15, 0.2) is 0 Å². The summed E-state index contributed by atoms with van der Waals surface area (Å²) in [7, 11) is 0. The second kappa shape index (κ2) is 7.49. The smallest absolute Gasteiger partial charge is 0.219 e. The molecule has 4 nitrogen and oxygen atoms in total. The second-order valence-corrected chi connectivity index (χ2v) is 15.3. The van der Waals surface area contributed by atoms with Crippen molar-refractivity contribution in [3.8, 4) is 0 Å². The Labute approximate surface area is 212 Å². The molecule has 7 aliphatic rings. The molecule has 4 heteroatoms. The molecule has 0 aromatic heterocycles. The van der Waals surface area contributed by atoms with Crippen LogP contribution in [0, 0.1) is 51.2 Å². The van der Waals surface area contributed by atoms with Gasteiger partial charge in [0.2, 0.25) is 5.91 Å². The van der Waals surface area contributed by atoms with E-state index in [4.69, 9.17) is 4.74 Å². The van der Waals surface area contributed by atoms with Crippen LogP contribution in [0.3, 0.4) is 0 Å². The number of carbonyl (C=O) groups is 1. The Balaban J connectivity index is 1.09. The summed E-state index contributed by atoms with van der Waals surface area (Å²) in [4.78, 5) is 14.4. The van der Waals surface area contributed by atoms with Crippen LogP contribution in [0.1, 0.15) is 105 Å². The van der Waals surface area contributed by atoms with Crippen LogP contribution in [0.15, 0.2) is 0 Å². The Bertz CT molecular complexity index is 898. The number of rotatable bonds is 4. The molecule has 7 fully saturated rings. The van der Waals surface area contributed by atoms with Gasteiger partial charge in [0.1, 0.15) is 0 Å². The fraction of sp³-hybridized carbons (Fsp3) is 0.968. The normalized spacial score (nSPS) is 53.5. The summed E-state index contributed by atoms with van der Waals surface area (Å²) >= 11 is 0. The largest absolute Gasteiger partial charge is 0.393 e. The Morgan fingerprint density at radius 2 is 1.66 bits per heavy atom. The third-order valence-corrected chi connectivity index (χ3v) is 13.7. The Morgan fingerprint density at radius 1 is 0.886 bits per heavy atom. The number of aliphatic hydroxyl groups is 1. The fourth-order valence-electron chi connectivity index (χ4n) is 11.6.